The third-order valence-electron chi connectivity index (χ3n) is 3.44. The van der Waals surface area contributed by atoms with E-state index in [4.69, 9.17) is 4.74 Å². The molecule has 0 saturated carbocycles. The minimum Gasteiger partial charge on any atom is -0.452 e. The van der Waals surface area contributed by atoms with Crippen LogP contribution in [0.1, 0.15) is 16.8 Å². The van der Waals surface area contributed by atoms with Crippen molar-refractivity contribution in [1.82, 2.24) is 15.1 Å². The molecule has 108 valence electrons. The van der Waals surface area contributed by atoms with E-state index in [1.54, 1.807) is 23.2 Å². The van der Waals surface area contributed by atoms with E-state index in [-0.39, 0.29) is 5.82 Å². The maximum Gasteiger partial charge on any atom is 0.414 e. The van der Waals surface area contributed by atoms with E-state index >= 15 is 0 Å². The van der Waals surface area contributed by atoms with Gasteiger partial charge in [-0.2, -0.15) is 5.10 Å². The largest absolute Gasteiger partial charge is 0.452 e. The van der Waals surface area contributed by atoms with Crippen LogP contribution in [0.5, 0.6) is 0 Å². The summed E-state index contributed by atoms with van der Waals surface area (Å²) in [5, 5.41) is 6.96. The molecule has 0 spiro atoms. The van der Waals surface area contributed by atoms with Crippen molar-refractivity contribution in [3.05, 3.63) is 53.1 Å². The Morgan fingerprint density at radius 1 is 1.43 bits per heavy atom. The van der Waals surface area contributed by atoms with E-state index in [9.17, 15) is 9.18 Å². The average Bonchev–Trinajstić information content (AvgIpc) is 2.98. The van der Waals surface area contributed by atoms with Gasteiger partial charge in [-0.3, -0.25) is 10.00 Å². The summed E-state index contributed by atoms with van der Waals surface area (Å²) in [6, 6.07) is 6.08. The lowest BCUT2D eigenvalue weighted by molar-refractivity contribution is 0.142. The Labute approximate surface area is 121 Å². The summed E-state index contributed by atoms with van der Waals surface area (Å²) in [6.07, 6.45) is 3.77. The standard InChI is InChI=1S/C15H14FN3O2/c1-21-15(20)19-7-6-13-12(9-17-18-13)14(19)8-10-2-4-11(16)5-3-10/h2-5,8-9H,6-7H2,1H3,(H,17,18). The van der Waals surface area contributed by atoms with Crippen LogP contribution >= 0.6 is 0 Å². The first kappa shape index (κ1) is 13.4. The molecular weight excluding hydrogens is 273 g/mol. The van der Waals surface area contributed by atoms with Crippen molar-refractivity contribution in [3.8, 4) is 0 Å². The Bertz CT molecular complexity index is 691. The Balaban J connectivity index is 2.06. The van der Waals surface area contributed by atoms with Crippen molar-refractivity contribution >= 4 is 17.9 Å². The number of fused-ring (bicyclic) bond motifs is 1. The molecule has 1 N–H and O–H groups in total. The second-order valence-corrected chi connectivity index (χ2v) is 4.72. The SMILES string of the molecule is COC(=O)N1CCc2[nH]ncc2C1=Cc1ccc(F)cc1. The number of benzene rings is 1. The summed E-state index contributed by atoms with van der Waals surface area (Å²) in [7, 11) is 1.35. The van der Waals surface area contributed by atoms with Gasteiger partial charge in [-0.15, -0.1) is 0 Å². The highest BCUT2D eigenvalue weighted by Crippen LogP contribution is 2.29. The lowest BCUT2D eigenvalue weighted by Gasteiger charge is -2.28. The quantitative estimate of drug-likeness (QED) is 0.877. The highest BCUT2D eigenvalue weighted by atomic mass is 19.1. The first-order chi connectivity index (χ1) is 10.2. The Kier molecular flexibility index (Phi) is 3.43. The van der Waals surface area contributed by atoms with Gasteiger partial charge in [0, 0.05) is 24.2 Å². The molecule has 0 atom stereocenters. The molecule has 1 amide bonds. The second-order valence-electron chi connectivity index (χ2n) is 4.72. The van der Waals surface area contributed by atoms with E-state index in [0.717, 1.165) is 16.8 Å². The predicted molar refractivity (Wildman–Crippen MR) is 75.7 cm³/mol. The summed E-state index contributed by atoms with van der Waals surface area (Å²) in [5.41, 5.74) is 3.33. The van der Waals surface area contributed by atoms with Crippen LogP contribution in [0, 0.1) is 5.82 Å². The van der Waals surface area contributed by atoms with Crippen molar-refractivity contribution in [2.45, 2.75) is 6.42 Å². The number of amides is 1. The van der Waals surface area contributed by atoms with Gasteiger partial charge in [0.1, 0.15) is 5.82 Å². The van der Waals surface area contributed by atoms with E-state index in [1.807, 2.05) is 6.08 Å². The number of halogens is 1. The van der Waals surface area contributed by atoms with Crippen LogP contribution in [0.3, 0.4) is 0 Å². The van der Waals surface area contributed by atoms with Crippen LogP contribution in [0.15, 0.2) is 30.5 Å². The molecule has 0 aliphatic carbocycles. The fraction of sp³-hybridized carbons (Fsp3) is 0.200. The number of hydrogen-bond acceptors (Lipinski definition) is 3. The fourth-order valence-electron chi connectivity index (χ4n) is 2.39. The van der Waals surface area contributed by atoms with E-state index in [0.29, 0.717) is 18.7 Å². The number of nitrogens with zero attached hydrogens (tertiary/aromatic N) is 2. The van der Waals surface area contributed by atoms with Crippen LogP contribution in [0.4, 0.5) is 9.18 Å². The van der Waals surface area contributed by atoms with Crippen LogP contribution in [0.25, 0.3) is 11.8 Å². The van der Waals surface area contributed by atoms with Crippen molar-refractivity contribution in [2.24, 2.45) is 0 Å². The number of carbonyl (C=O) groups is 1. The van der Waals surface area contributed by atoms with Gasteiger partial charge >= 0.3 is 6.09 Å². The van der Waals surface area contributed by atoms with E-state index in [2.05, 4.69) is 10.2 Å². The van der Waals surface area contributed by atoms with Gasteiger partial charge in [-0.25, -0.2) is 9.18 Å². The zero-order chi connectivity index (χ0) is 14.8. The molecule has 6 heteroatoms. The van der Waals surface area contributed by atoms with Gasteiger partial charge in [-0.05, 0) is 23.8 Å². The minimum atomic E-state index is -0.421. The second kappa shape index (κ2) is 5.40. The summed E-state index contributed by atoms with van der Waals surface area (Å²) in [5.74, 6) is -0.297. The molecule has 0 radical (unpaired) electrons. The number of rotatable bonds is 1. The van der Waals surface area contributed by atoms with E-state index < -0.39 is 6.09 Å². The Morgan fingerprint density at radius 3 is 2.90 bits per heavy atom. The molecule has 0 unspecified atom stereocenters. The summed E-state index contributed by atoms with van der Waals surface area (Å²) in [4.78, 5) is 13.5. The number of methoxy groups -OCH3 is 1. The molecule has 1 aromatic carbocycles. The molecule has 1 aliphatic rings. The van der Waals surface area contributed by atoms with Crippen LogP contribution < -0.4 is 0 Å². The molecule has 2 heterocycles. The van der Waals surface area contributed by atoms with E-state index in [1.165, 1.54) is 19.2 Å². The van der Waals surface area contributed by atoms with Crippen LogP contribution in [-0.2, 0) is 11.2 Å². The number of aromatic nitrogens is 2. The number of carbonyl (C=O) groups excluding carboxylic acids is 1. The van der Waals surface area contributed by atoms with Crippen molar-refractivity contribution < 1.29 is 13.9 Å². The first-order valence-electron chi connectivity index (χ1n) is 6.54. The smallest absolute Gasteiger partial charge is 0.414 e. The average molecular weight is 287 g/mol. The molecule has 0 saturated heterocycles. The van der Waals surface area contributed by atoms with Crippen LogP contribution in [-0.4, -0.2) is 34.8 Å². The molecular formula is C15H14FN3O2. The molecule has 5 nitrogen and oxygen atoms in total. The molecule has 0 bridgehead atoms. The number of nitrogens with one attached hydrogen (secondary N) is 1. The predicted octanol–water partition coefficient (Wildman–Crippen LogP) is 2.67. The lowest BCUT2D eigenvalue weighted by atomic mass is 10.0. The molecule has 0 fully saturated rings. The molecule has 3 rings (SSSR count). The zero-order valence-corrected chi connectivity index (χ0v) is 11.5. The highest BCUT2D eigenvalue weighted by Gasteiger charge is 2.27. The van der Waals surface area contributed by atoms with Gasteiger partial charge in [0.25, 0.3) is 0 Å². The Hall–Kier alpha value is -2.63. The minimum absolute atomic E-state index is 0.297. The van der Waals surface area contributed by atoms with Crippen molar-refractivity contribution in [2.75, 3.05) is 13.7 Å². The van der Waals surface area contributed by atoms with Crippen molar-refractivity contribution in [1.29, 1.82) is 0 Å². The summed E-state index contributed by atoms with van der Waals surface area (Å²) in [6.45, 7) is 0.509. The van der Waals surface area contributed by atoms with Gasteiger partial charge in [0.05, 0.1) is 19.0 Å². The molecule has 1 aromatic heterocycles. The number of hydrogen-bond donors (Lipinski definition) is 1. The normalized spacial score (nSPS) is 15.9. The van der Waals surface area contributed by atoms with Gasteiger partial charge in [0.2, 0.25) is 0 Å². The number of ether oxygens (including phenoxy) is 1. The maximum atomic E-state index is 13.0. The summed E-state index contributed by atoms with van der Waals surface area (Å²) >= 11 is 0. The van der Waals surface area contributed by atoms with Crippen LogP contribution in [0.2, 0.25) is 0 Å². The molecule has 1 aliphatic heterocycles. The van der Waals surface area contributed by atoms with Crippen molar-refractivity contribution in [3.63, 3.8) is 0 Å². The third-order valence-corrected chi connectivity index (χ3v) is 3.44. The van der Waals surface area contributed by atoms with Gasteiger partial charge in [0.15, 0.2) is 0 Å². The summed E-state index contributed by atoms with van der Waals surface area (Å²) < 4.78 is 17.8. The third kappa shape index (κ3) is 2.52. The van der Waals surface area contributed by atoms with Gasteiger partial charge in [-0.1, -0.05) is 12.1 Å². The Morgan fingerprint density at radius 2 is 2.19 bits per heavy atom. The fourth-order valence-corrected chi connectivity index (χ4v) is 2.39. The topological polar surface area (TPSA) is 58.2 Å². The molecule has 2 aromatic rings. The zero-order valence-electron chi connectivity index (χ0n) is 11.5. The first-order valence-corrected chi connectivity index (χ1v) is 6.54. The lowest BCUT2D eigenvalue weighted by Crippen LogP contribution is -2.34. The molecule has 21 heavy (non-hydrogen) atoms. The highest BCUT2D eigenvalue weighted by molar-refractivity contribution is 5.91. The van der Waals surface area contributed by atoms with Gasteiger partial charge < -0.3 is 4.74 Å². The number of H-pyrrole nitrogens is 1. The maximum absolute atomic E-state index is 13.0. The monoisotopic (exact) mass is 287 g/mol. The number of aromatic amines is 1.